The van der Waals surface area contributed by atoms with Crippen molar-refractivity contribution in [2.45, 2.75) is 76.9 Å². The summed E-state index contributed by atoms with van der Waals surface area (Å²) in [5, 5.41) is 7.12. The Morgan fingerprint density at radius 3 is 2.12 bits per heavy atom. The highest BCUT2D eigenvalue weighted by atomic mass is 19.1. The normalized spacial score (nSPS) is 25.9. The second kappa shape index (κ2) is 20.7. The van der Waals surface area contributed by atoms with Crippen LogP contribution in [0.2, 0.25) is 0 Å². The molecule has 4 aromatic carbocycles. The van der Waals surface area contributed by atoms with Crippen LogP contribution in [0.25, 0.3) is 0 Å². The van der Waals surface area contributed by atoms with Crippen molar-refractivity contribution in [3.05, 3.63) is 129 Å². The van der Waals surface area contributed by atoms with Crippen molar-refractivity contribution in [3.8, 4) is 5.75 Å². The number of benzene rings is 4. The molecule has 10 rings (SSSR count). The Hall–Kier alpha value is -6.60. The van der Waals surface area contributed by atoms with E-state index in [-0.39, 0.29) is 54.6 Å². The number of hydrogen-bond acceptors (Lipinski definition) is 12. The van der Waals surface area contributed by atoms with Gasteiger partial charge in [-0.15, -0.1) is 0 Å². The molecule has 4 aromatic rings. The third-order valence-electron chi connectivity index (χ3n) is 12.1. The number of imide groups is 2. The lowest BCUT2D eigenvalue weighted by atomic mass is 10.0. The van der Waals surface area contributed by atoms with Gasteiger partial charge in [-0.25, -0.2) is 8.78 Å². The molecule has 6 aliphatic heterocycles. The Morgan fingerprint density at radius 1 is 0.735 bits per heavy atom. The Bertz CT molecular complexity index is 3060. The zero-order chi connectivity index (χ0) is 55.4. The molecule has 4 fully saturated rings. The number of nitrogens with zero attached hydrogens (tertiary/aromatic N) is 4. The van der Waals surface area contributed by atoms with E-state index in [0.717, 1.165) is 6.07 Å². The van der Waals surface area contributed by atoms with Gasteiger partial charge in [0.15, 0.2) is 0 Å². The van der Waals surface area contributed by atoms with Gasteiger partial charge < -0.3 is 29.3 Å². The smallest absolute Gasteiger partial charge is 0.255 e. The Balaban J connectivity index is 0.000000189. The number of fused-ring (bicyclic) bond motifs is 2. The monoisotopic (exact) mass is 942 g/mol. The van der Waals surface area contributed by atoms with Crippen LogP contribution in [-0.2, 0) is 67.9 Å². The van der Waals surface area contributed by atoms with Crippen LogP contribution in [0.15, 0.2) is 72.8 Å². The molecule has 6 amide bonds. The molecule has 0 saturated carbocycles. The van der Waals surface area contributed by atoms with Gasteiger partial charge in [-0.2, -0.15) is 0 Å². The number of amides is 6. The van der Waals surface area contributed by atoms with Gasteiger partial charge in [0.2, 0.25) is 23.6 Å². The van der Waals surface area contributed by atoms with Gasteiger partial charge >= 0.3 is 0 Å². The van der Waals surface area contributed by atoms with Crippen molar-refractivity contribution in [1.82, 2.24) is 30.2 Å². The van der Waals surface area contributed by atoms with E-state index < -0.39 is 85.2 Å². The first kappa shape index (κ1) is 36.4. The molecule has 356 valence electrons. The number of anilines is 1. The van der Waals surface area contributed by atoms with Crippen LogP contribution in [0.1, 0.15) is 92.0 Å². The summed E-state index contributed by atoms with van der Waals surface area (Å²) < 4.78 is 121. The number of piperidine rings is 2. The molecule has 68 heavy (non-hydrogen) atoms. The van der Waals surface area contributed by atoms with Crippen LogP contribution in [0.4, 0.5) is 14.5 Å². The maximum atomic E-state index is 14.9. The number of rotatable bonds is 12. The largest absolute Gasteiger partial charge is 0.488 e. The van der Waals surface area contributed by atoms with Crippen LogP contribution >= 0.6 is 0 Å². The van der Waals surface area contributed by atoms with Crippen LogP contribution in [-0.4, -0.2) is 120 Å². The maximum Gasteiger partial charge on any atom is 0.255 e. The van der Waals surface area contributed by atoms with Gasteiger partial charge in [-0.05, 0) is 72.5 Å². The van der Waals surface area contributed by atoms with E-state index in [1.165, 1.54) is 47.4 Å². The zero-order valence-electron chi connectivity index (χ0n) is 45.6. The van der Waals surface area contributed by atoms with E-state index in [4.69, 9.17) is 26.5 Å². The van der Waals surface area contributed by atoms with Gasteiger partial charge in [0.1, 0.15) is 36.0 Å². The first-order valence-electron chi connectivity index (χ1n) is 26.6. The lowest BCUT2D eigenvalue weighted by molar-refractivity contribution is -0.138. The van der Waals surface area contributed by atoms with Crippen molar-refractivity contribution < 1.29 is 64.1 Å². The number of morpholine rings is 2. The number of nitrogens with one attached hydrogen (secondary N) is 3. The van der Waals surface area contributed by atoms with E-state index in [0.29, 0.717) is 97.6 Å². The SMILES string of the molecule is [2H]C([2H])(Oc1cccc2c1CN(C1([2H])C(=O)NC(=O)C([2H])([2H])C1([2H])[2H])C2=O)c1cc(CN2CCOCC2)ccc1F.[2H]C([2H])(c1ccc(F)c(CNc2cccc3c2CN(C2CCC(=O)NC2=O)C3=O)c1)N1CCOCC1. The number of halogens is 2. The topological polar surface area (TPSA) is 179 Å². The average Bonchev–Trinajstić information content (AvgIpc) is 3.97. The minimum atomic E-state index is -3.46. The third-order valence-corrected chi connectivity index (χ3v) is 12.1. The lowest BCUT2D eigenvalue weighted by Gasteiger charge is -2.29. The summed E-state index contributed by atoms with van der Waals surface area (Å²) in [5.41, 5.74) is 2.54. The number of carbonyl (C=O) groups is 6. The zero-order valence-corrected chi connectivity index (χ0v) is 36.6. The summed E-state index contributed by atoms with van der Waals surface area (Å²) in [7, 11) is 0. The molecule has 0 radical (unpaired) electrons. The van der Waals surface area contributed by atoms with Crippen molar-refractivity contribution in [2.24, 2.45) is 0 Å². The summed E-state index contributed by atoms with van der Waals surface area (Å²) in [5.74, 6) is -6.77. The maximum absolute atomic E-state index is 14.9. The molecule has 0 aliphatic carbocycles. The minimum Gasteiger partial charge on any atom is -0.488 e. The Labute approximate surface area is 404 Å². The first-order chi connectivity index (χ1) is 36.4. The van der Waals surface area contributed by atoms with Gasteiger partial charge in [-0.1, -0.05) is 24.3 Å². The van der Waals surface area contributed by atoms with Crippen molar-refractivity contribution >= 4 is 41.1 Å². The molecule has 16 nitrogen and oxygen atoms in total. The van der Waals surface area contributed by atoms with Gasteiger partial charge in [0.05, 0.1) is 37.1 Å². The molecule has 2 unspecified atom stereocenters. The molecule has 0 spiro atoms. The van der Waals surface area contributed by atoms with E-state index >= 15 is 0 Å². The molecule has 6 heterocycles. The Kier molecular flexibility index (Phi) is 11.1. The summed E-state index contributed by atoms with van der Waals surface area (Å²) >= 11 is 0. The van der Waals surface area contributed by atoms with Crippen LogP contribution in [0.3, 0.4) is 0 Å². The molecule has 3 N–H and O–H groups in total. The highest BCUT2D eigenvalue weighted by molar-refractivity contribution is 6.07. The summed E-state index contributed by atoms with van der Waals surface area (Å²) in [4.78, 5) is 80.7. The summed E-state index contributed by atoms with van der Waals surface area (Å²) in [6, 6.07) is 13.5. The number of ether oxygens (including phenoxy) is 3. The van der Waals surface area contributed by atoms with Crippen LogP contribution < -0.4 is 20.7 Å². The Morgan fingerprint density at radius 2 is 1.37 bits per heavy atom. The van der Waals surface area contributed by atoms with Gasteiger partial charge in [-0.3, -0.25) is 49.2 Å². The lowest BCUT2D eigenvalue weighted by Crippen LogP contribution is -2.52. The van der Waals surface area contributed by atoms with Crippen molar-refractivity contribution in [3.63, 3.8) is 0 Å². The van der Waals surface area contributed by atoms with Crippen molar-refractivity contribution in [1.29, 1.82) is 0 Å². The van der Waals surface area contributed by atoms with E-state index in [2.05, 4.69) is 15.5 Å². The molecule has 0 aromatic heterocycles. The second-order valence-electron chi connectivity index (χ2n) is 16.6. The molecule has 4 saturated heterocycles. The molecular weight excluding hydrogens is 881 g/mol. The van der Waals surface area contributed by atoms with Gasteiger partial charge in [0.25, 0.3) is 11.8 Å². The number of hydrogen-bond donors (Lipinski definition) is 3. The van der Waals surface area contributed by atoms with Crippen molar-refractivity contribution in [2.75, 3.05) is 57.9 Å². The summed E-state index contributed by atoms with van der Waals surface area (Å²) in [6.07, 6.45) is -6.35. The van der Waals surface area contributed by atoms with E-state index in [1.54, 1.807) is 34.5 Å². The molecule has 6 aliphatic rings. The standard InChI is InChI=1S/C25H27FN4O4.C25H26FN3O5/c26-20-5-4-16(14-29-8-10-34-11-9-29)12-17(20)13-27-21-3-1-2-18-19(21)15-30(25(18)33)22-6-7-23(31)28-24(22)32;26-20-5-4-16(13-28-8-10-33-11-9-28)12-17(20)15-34-22-3-1-2-18-19(22)14-29(25(18)32)21-6-7-23(30)27-24(21)31/h1-5,12,22,27H,6-11,13-15H2,(H,28,31,32);1-5,12,21H,6-11,13-15H2,(H,27,30,31)/i14D2;6D2,7D2,15D2,21D. The average molecular weight is 943 g/mol. The summed E-state index contributed by atoms with van der Waals surface area (Å²) in [6.45, 7) is -0.196. The molecule has 0 bridgehead atoms. The minimum absolute atomic E-state index is 0.0149. The quantitative estimate of drug-likeness (QED) is 0.174. The van der Waals surface area contributed by atoms with Crippen LogP contribution in [0.5, 0.6) is 5.75 Å². The van der Waals surface area contributed by atoms with Crippen LogP contribution in [0, 0.1) is 11.6 Å². The highest BCUT2D eigenvalue weighted by Gasteiger charge is 2.41. The van der Waals surface area contributed by atoms with E-state index in [9.17, 15) is 37.5 Å². The fourth-order valence-electron chi connectivity index (χ4n) is 8.59. The molecule has 18 heteroatoms. The number of carbonyl (C=O) groups excluding carboxylic acids is 6. The highest BCUT2D eigenvalue weighted by Crippen LogP contribution is 2.35. The molecular formula is C50H53F2N7O9. The van der Waals surface area contributed by atoms with Gasteiger partial charge in [0, 0.05) is 112 Å². The molecule has 2 atom stereocenters. The predicted octanol–water partition coefficient (Wildman–Crippen LogP) is 4.03. The fourth-order valence-corrected chi connectivity index (χ4v) is 8.59. The predicted molar refractivity (Wildman–Crippen MR) is 242 cm³/mol. The van der Waals surface area contributed by atoms with E-state index in [1.807, 2.05) is 0 Å². The first-order valence-corrected chi connectivity index (χ1v) is 22.1. The third kappa shape index (κ3) is 10.4. The second-order valence-corrected chi connectivity index (χ2v) is 16.6. The fraction of sp³-hybridized carbons (Fsp3) is 0.400.